The second-order valence-corrected chi connectivity index (χ2v) is 6.25. The first-order valence-corrected chi connectivity index (χ1v) is 7.52. The Morgan fingerprint density at radius 1 is 1.24 bits per heavy atom. The monoisotopic (exact) mass is 306 g/mol. The zero-order valence-electron chi connectivity index (χ0n) is 11.4. The molecule has 0 aliphatic carbocycles. The lowest BCUT2D eigenvalue weighted by Crippen LogP contribution is -2.29. The van der Waals surface area contributed by atoms with Crippen LogP contribution in [0, 0.1) is 5.82 Å². The number of nitrogen functional groups attached to an aromatic ring is 1. The molecule has 2 unspecified atom stereocenters. The van der Waals surface area contributed by atoms with Gasteiger partial charge in [0.15, 0.2) is 0 Å². The smallest absolute Gasteiger partial charge is 0.240 e. The molecule has 21 heavy (non-hydrogen) atoms. The molecule has 0 radical (unpaired) electrons. The number of carbonyl (C=O) groups is 1. The van der Waals surface area contributed by atoms with Crippen molar-refractivity contribution in [3.63, 3.8) is 0 Å². The molecule has 0 aromatic heterocycles. The van der Waals surface area contributed by atoms with Crippen LogP contribution in [0.2, 0.25) is 0 Å². The molecule has 4 nitrogen and oxygen atoms in total. The third-order valence-electron chi connectivity index (χ3n) is 2.94. The Morgan fingerprint density at radius 2 is 1.90 bits per heavy atom. The molecule has 0 aliphatic heterocycles. The summed E-state index contributed by atoms with van der Waals surface area (Å²) in [6, 6.07) is 12.8. The summed E-state index contributed by atoms with van der Waals surface area (Å²) >= 11 is 0. The Hall–Kier alpha value is -2.21. The number of benzene rings is 2. The molecule has 0 spiro atoms. The van der Waals surface area contributed by atoms with E-state index in [9.17, 15) is 13.4 Å². The van der Waals surface area contributed by atoms with Crippen molar-refractivity contribution < 1.29 is 13.4 Å². The number of hydrogen-bond donors (Lipinski definition) is 2. The predicted octanol–water partition coefficient (Wildman–Crippen LogP) is 2.54. The van der Waals surface area contributed by atoms with Gasteiger partial charge in [-0.2, -0.15) is 0 Å². The summed E-state index contributed by atoms with van der Waals surface area (Å²) in [6.07, 6.45) is 0. The van der Waals surface area contributed by atoms with Crippen LogP contribution in [0.25, 0.3) is 0 Å². The van der Waals surface area contributed by atoms with Crippen LogP contribution in [-0.4, -0.2) is 15.4 Å². The molecule has 110 valence electrons. The molecular weight excluding hydrogens is 291 g/mol. The van der Waals surface area contributed by atoms with Crippen LogP contribution < -0.4 is 11.1 Å². The first-order chi connectivity index (χ1) is 9.99. The van der Waals surface area contributed by atoms with E-state index in [0.29, 0.717) is 5.69 Å². The SMILES string of the molecule is CC(C(=O)Nc1ccccc1)S(=O)c1ccc(N)c(F)c1. The summed E-state index contributed by atoms with van der Waals surface area (Å²) in [5.74, 6) is -1.03. The van der Waals surface area contributed by atoms with E-state index in [2.05, 4.69) is 5.32 Å². The molecule has 2 atom stereocenters. The molecular formula is C15H15FN2O2S. The number of rotatable bonds is 4. The summed E-state index contributed by atoms with van der Waals surface area (Å²) in [5.41, 5.74) is 5.98. The van der Waals surface area contributed by atoms with Crippen LogP contribution in [-0.2, 0) is 15.6 Å². The van der Waals surface area contributed by atoms with Gasteiger partial charge in [-0.05, 0) is 37.3 Å². The van der Waals surface area contributed by atoms with Crippen molar-refractivity contribution in [1.82, 2.24) is 0 Å². The van der Waals surface area contributed by atoms with E-state index in [-0.39, 0.29) is 10.6 Å². The molecule has 0 aliphatic rings. The van der Waals surface area contributed by atoms with Crippen LogP contribution in [0.15, 0.2) is 53.4 Å². The van der Waals surface area contributed by atoms with Gasteiger partial charge in [0, 0.05) is 10.6 Å². The maximum Gasteiger partial charge on any atom is 0.240 e. The molecule has 3 N–H and O–H groups in total. The van der Waals surface area contributed by atoms with Gasteiger partial charge in [0.1, 0.15) is 11.1 Å². The van der Waals surface area contributed by atoms with Crippen molar-refractivity contribution in [2.24, 2.45) is 0 Å². The van der Waals surface area contributed by atoms with Crippen molar-refractivity contribution in [2.45, 2.75) is 17.1 Å². The highest BCUT2D eigenvalue weighted by Crippen LogP contribution is 2.18. The Morgan fingerprint density at radius 3 is 2.52 bits per heavy atom. The minimum Gasteiger partial charge on any atom is -0.396 e. The van der Waals surface area contributed by atoms with Crippen LogP contribution >= 0.6 is 0 Å². The second-order valence-electron chi connectivity index (χ2n) is 4.48. The number of para-hydroxylation sites is 1. The highest BCUT2D eigenvalue weighted by atomic mass is 32.2. The largest absolute Gasteiger partial charge is 0.396 e. The van der Waals surface area contributed by atoms with Crippen molar-refractivity contribution in [2.75, 3.05) is 11.1 Å². The highest BCUT2D eigenvalue weighted by Gasteiger charge is 2.22. The number of halogens is 1. The second kappa shape index (κ2) is 6.49. The average molecular weight is 306 g/mol. The van der Waals surface area contributed by atoms with Gasteiger partial charge in [0.25, 0.3) is 0 Å². The van der Waals surface area contributed by atoms with Gasteiger partial charge in [-0.15, -0.1) is 0 Å². The molecule has 2 aromatic rings. The van der Waals surface area contributed by atoms with Gasteiger partial charge < -0.3 is 11.1 Å². The lowest BCUT2D eigenvalue weighted by molar-refractivity contribution is -0.115. The van der Waals surface area contributed by atoms with E-state index in [1.165, 1.54) is 19.1 Å². The minimum absolute atomic E-state index is 0.0165. The standard InChI is InChI=1S/C15H15FN2O2S/c1-10(15(19)18-11-5-3-2-4-6-11)21(20)12-7-8-14(17)13(16)9-12/h2-10H,17H2,1H3,(H,18,19). The molecule has 6 heteroatoms. The zero-order chi connectivity index (χ0) is 15.4. The van der Waals surface area contributed by atoms with Crippen molar-refractivity contribution in [3.05, 3.63) is 54.3 Å². The summed E-state index contributed by atoms with van der Waals surface area (Å²) in [4.78, 5) is 12.3. The fourth-order valence-corrected chi connectivity index (χ4v) is 2.78. The predicted molar refractivity (Wildman–Crippen MR) is 81.8 cm³/mol. The number of amides is 1. The Kier molecular flexibility index (Phi) is 4.70. The van der Waals surface area contributed by atoms with Crippen molar-refractivity contribution >= 4 is 28.1 Å². The van der Waals surface area contributed by atoms with E-state index in [0.717, 1.165) is 6.07 Å². The first-order valence-electron chi connectivity index (χ1n) is 6.30. The van der Waals surface area contributed by atoms with Gasteiger partial charge in [0.05, 0.1) is 16.5 Å². The molecule has 0 heterocycles. The van der Waals surface area contributed by atoms with Gasteiger partial charge in [-0.25, -0.2) is 4.39 Å². The molecule has 0 bridgehead atoms. The molecule has 0 saturated carbocycles. The summed E-state index contributed by atoms with van der Waals surface area (Å²) < 4.78 is 25.7. The molecule has 2 rings (SSSR count). The quantitative estimate of drug-likeness (QED) is 0.853. The number of anilines is 2. The third kappa shape index (κ3) is 3.66. The number of nitrogens with one attached hydrogen (secondary N) is 1. The lowest BCUT2D eigenvalue weighted by Gasteiger charge is -2.12. The topological polar surface area (TPSA) is 72.2 Å². The average Bonchev–Trinajstić information content (AvgIpc) is 2.49. The van der Waals surface area contributed by atoms with E-state index < -0.39 is 27.8 Å². The third-order valence-corrected chi connectivity index (χ3v) is 4.51. The zero-order valence-corrected chi connectivity index (χ0v) is 12.2. The van der Waals surface area contributed by atoms with Crippen LogP contribution in [0.3, 0.4) is 0 Å². The number of hydrogen-bond acceptors (Lipinski definition) is 3. The Balaban J connectivity index is 2.11. The maximum absolute atomic E-state index is 13.4. The number of nitrogens with two attached hydrogens (primary N) is 1. The summed E-state index contributed by atoms with van der Waals surface area (Å²) in [7, 11) is -1.66. The van der Waals surface area contributed by atoms with E-state index >= 15 is 0 Å². The van der Waals surface area contributed by atoms with Crippen LogP contribution in [0.5, 0.6) is 0 Å². The maximum atomic E-state index is 13.4. The fraction of sp³-hybridized carbons (Fsp3) is 0.133. The minimum atomic E-state index is -1.66. The van der Waals surface area contributed by atoms with Gasteiger partial charge in [0.2, 0.25) is 5.91 Å². The normalized spacial score (nSPS) is 13.4. The van der Waals surface area contributed by atoms with Gasteiger partial charge in [-0.3, -0.25) is 9.00 Å². The van der Waals surface area contributed by atoms with Crippen molar-refractivity contribution in [1.29, 1.82) is 0 Å². The molecule has 0 saturated heterocycles. The van der Waals surface area contributed by atoms with Gasteiger partial charge >= 0.3 is 0 Å². The first kappa shape index (κ1) is 15.2. The number of carbonyl (C=O) groups excluding carboxylic acids is 1. The summed E-state index contributed by atoms with van der Waals surface area (Å²) in [5, 5.41) is 1.86. The lowest BCUT2D eigenvalue weighted by atomic mass is 10.3. The van der Waals surface area contributed by atoms with Crippen LogP contribution in [0.4, 0.5) is 15.8 Å². The molecule has 1 amide bonds. The molecule has 2 aromatic carbocycles. The molecule has 0 fully saturated rings. The van der Waals surface area contributed by atoms with E-state index in [4.69, 9.17) is 5.73 Å². The highest BCUT2D eigenvalue weighted by molar-refractivity contribution is 7.86. The Labute approximate surface area is 124 Å². The summed E-state index contributed by atoms with van der Waals surface area (Å²) in [6.45, 7) is 1.53. The Bertz CT molecular complexity index is 677. The van der Waals surface area contributed by atoms with Crippen molar-refractivity contribution in [3.8, 4) is 0 Å². The fourth-order valence-electron chi connectivity index (χ4n) is 1.70. The van der Waals surface area contributed by atoms with Crippen LogP contribution in [0.1, 0.15) is 6.92 Å². The van der Waals surface area contributed by atoms with Gasteiger partial charge in [-0.1, -0.05) is 18.2 Å². The van der Waals surface area contributed by atoms with E-state index in [1.54, 1.807) is 24.3 Å². The van der Waals surface area contributed by atoms with E-state index in [1.807, 2.05) is 6.07 Å².